The topological polar surface area (TPSA) is 21.3 Å². The van der Waals surface area contributed by atoms with Crippen molar-refractivity contribution in [3.63, 3.8) is 0 Å². The molecule has 0 saturated carbocycles. The molecule has 2 aromatic carbocycles. The summed E-state index contributed by atoms with van der Waals surface area (Å²) in [6.45, 7) is 0. The van der Waals surface area contributed by atoms with Crippen molar-refractivity contribution in [3.05, 3.63) is 57.8 Å². The van der Waals surface area contributed by atoms with Crippen LogP contribution in [0.15, 0.2) is 40.9 Å². The van der Waals surface area contributed by atoms with E-state index in [2.05, 4.69) is 27.3 Å². The molecule has 1 aliphatic heterocycles. The molecule has 1 heterocycles. The molecule has 4 heteroatoms. The molecule has 3 rings (SSSR count). The summed E-state index contributed by atoms with van der Waals surface area (Å²) >= 11 is 3.23. The minimum absolute atomic E-state index is 0.193. The number of halogens is 2. The lowest BCUT2D eigenvalue weighted by Gasteiger charge is -2.28. The second-order valence-corrected chi connectivity index (χ2v) is 5.79. The highest BCUT2D eigenvalue weighted by Gasteiger charge is 2.21. The Labute approximate surface area is 126 Å². The molecule has 1 aliphatic rings. The van der Waals surface area contributed by atoms with E-state index in [4.69, 9.17) is 4.74 Å². The van der Waals surface area contributed by atoms with E-state index in [9.17, 15) is 4.39 Å². The number of fused-ring (bicyclic) bond motifs is 1. The van der Waals surface area contributed by atoms with Gasteiger partial charge in [-0.2, -0.15) is 0 Å². The molecule has 0 radical (unpaired) electrons. The molecule has 0 fully saturated rings. The smallest absolute Gasteiger partial charge is 0.139 e. The minimum atomic E-state index is -0.234. The number of hydrogen-bond acceptors (Lipinski definition) is 2. The molecule has 0 saturated heterocycles. The van der Waals surface area contributed by atoms with E-state index in [0.717, 1.165) is 29.8 Å². The molecule has 1 unspecified atom stereocenters. The molecule has 0 spiro atoms. The van der Waals surface area contributed by atoms with Gasteiger partial charge in [0.2, 0.25) is 0 Å². The van der Waals surface area contributed by atoms with E-state index in [0.29, 0.717) is 4.47 Å². The van der Waals surface area contributed by atoms with Crippen LogP contribution in [0.25, 0.3) is 0 Å². The summed E-state index contributed by atoms with van der Waals surface area (Å²) in [6.07, 6.45) is 1.92. The van der Waals surface area contributed by atoms with Crippen LogP contribution in [0, 0.1) is 5.82 Å². The minimum Gasteiger partial charge on any atom is -0.497 e. The lowest BCUT2D eigenvalue weighted by atomic mass is 9.93. The van der Waals surface area contributed by atoms with Gasteiger partial charge in [0, 0.05) is 5.69 Å². The van der Waals surface area contributed by atoms with Crippen LogP contribution >= 0.6 is 15.9 Å². The predicted molar refractivity (Wildman–Crippen MR) is 81.8 cm³/mol. The van der Waals surface area contributed by atoms with Crippen molar-refractivity contribution in [1.82, 2.24) is 0 Å². The summed E-state index contributed by atoms with van der Waals surface area (Å²) in [5.41, 5.74) is 3.19. The number of aryl methyl sites for hydroxylation is 1. The van der Waals surface area contributed by atoms with Gasteiger partial charge in [-0.3, -0.25) is 0 Å². The van der Waals surface area contributed by atoms with Crippen LogP contribution in [0.3, 0.4) is 0 Å². The van der Waals surface area contributed by atoms with Crippen LogP contribution < -0.4 is 10.1 Å². The van der Waals surface area contributed by atoms with Gasteiger partial charge in [0.25, 0.3) is 0 Å². The third-order valence-electron chi connectivity index (χ3n) is 3.67. The molecule has 0 bridgehead atoms. The summed E-state index contributed by atoms with van der Waals surface area (Å²) in [5.74, 6) is 0.611. The first-order chi connectivity index (χ1) is 9.67. The quantitative estimate of drug-likeness (QED) is 0.859. The Kier molecular flexibility index (Phi) is 3.66. The van der Waals surface area contributed by atoms with Gasteiger partial charge in [0.05, 0.1) is 17.6 Å². The molecule has 0 amide bonds. The van der Waals surface area contributed by atoms with Gasteiger partial charge in [-0.15, -0.1) is 0 Å². The number of ether oxygens (including phenoxy) is 1. The average Bonchev–Trinajstić information content (AvgIpc) is 2.48. The average molecular weight is 336 g/mol. The van der Waals surface area contributed by atoms with Gasteiger partial charge in [0.1, 0.15) is 11.6 Å². The van der Waals surface area contributed by atoms with Crippen molar-refractivity contribution in [2.45, 2.75) is 18.9 Å². The van der Waals surface area contributed by atoms with Crippen molar-refractivity contribution in [2.24, 2.45) is 0 Å². The normalized spacial score (nSPS) is 17.2. The summed E-state index contributed by atoms with van der Waals surface area (Å²) in [6, 6.07) is 11.6. The number of methoxy groups -OCH3 is 1. The highest BCUT2D eigenvalue weighted by Crippen LogP contribution is 2.35. The molecule has 104 valence electrons. The molecule has 20 heavy (non-hydrogen) atoms. The Balaban J connectivity index is 1.89. The zero-order valence-electron chi connectivity index (χ0n) is 11.1. The Morgan fingerprint density at radius 1 is 1.30 bits per heavy atom. The van der Waals surface area contributed by atoms with Crippen LogP contribution in [0.2, 0.25) is 0 Å². The fraction of sp³-hybridized carbons (Fsp3) is 0.250. The van der Waals surface area contributed by atoms with Crippen LogP contribution in [0.1, 0.15) is 23.6 Å². The van der Waals surface area contributed by atoms with E-state index < -0.39 is 0 Å². The molecule has 1 N–H and O–H groups in total. The summed E-state index contributed by atoms with van der Waals surface area (Å²) < 4.78 is 19.4. The molecule has 0 aromatic heterocycles. The van der Waals surface area contributed by atoms with E-state index in [1.807, 2.05) is 24.3 Å². The standard InChI is InChI=1S/C16H15BrFNO/c1-20-12-4-2-3-10(7-12)15-6-5-11-8-13(17)14(18)9-16(11)19-15/h2-4,7-9,15,19H,5-6H2,1H3. The van der Waals surface area contributed by atoms with Crippen LogP contribution in [-0.2, 0) is 6.42 Å². The van der Waals surface area contributed by atoms with Gasteiger partial charge in [-0.25, -0.2) is 4.39 Å². The number of rotatable bonds is 2. The number of nitrogens with one attached hydrogen (secondary N) is 1. The predicted octanol–water partition coefficient (Wildman–Crippen LogP) is 4.70. The van der Waals surface area contributed by atoms with Crippen LogP contribution in [-0.4, -0.2) is 7.11 Å². The second-order valence-electron chi connectivity index (χ2n) is 4.94. The third kappa shape index (κ3) is 2.52. The number of benzene rings is 2. The largest absolute Gasteiger partial charge is 0.497 e. The first-order valence-electron chi connectivity index (χ1n) is 6.56. The lowest BCUT2D eigenvalue weighted by molar-refractivity contribution is 0.413. The van der Waals surface area contributed by atoms with E-state index in [1.54, 1.807) is 13.2 Å². The van der Waals surface area contributed by atoms with Gasteiger partial charge < -0.3 is 10.1 Å². The third-order valence-corrected chi connectivity index (χ3v) is 4.28. The Morgan fingerprint density at radius 2 is 2.15 bits per heavy atom. The van der Waals surface area contributed by atoms with Gasteiger partial charge in [-0.1, -0.05) is 12.1 Å². The molecule has 2 aromatic rings. The van der Waals surface area contributed by atoms with Crippen molar-refractivity contribution < 1.29 is 9.13 Å². The summed E-state index contributed by atoms with van der Waals surface area (Å²) in [4.78, 5) is 0. The monoisotopic (exact) mass is 335 g/mol. The second kappa shape index (κ2) is 5.44. The van der Waals surface area contributed by atoms with E-state index >= 15 is 0 Å². The van der Waals surface area contributed by atoms with Crippen molar-refractivity contribution in [1.29, 1.82) is 0 Å². The maximum Gasteiger partial charge on any atom is 0.139 e. The van der Waals surface area contributed by atoms with Gasteiger partial charge in [-0.05, 0) is 64.2 Å². The number of hydrogen-bond donors (Lipinski definition) is 1. The zero-order chi connectivity index (χ0) is 14.1. The maximum absolute atomic E-state index is 13.6. The fourth-order valence-electron chi connectivity index (χ4n) is 2.60. The Hall–Kier alpha value is -1.55. The lowest BCUT2D eigenvalue weighted by Crippen LogP contribution is -2.18. The molecule has 1 atom stereocenters. The highest BCUT2D eigenvalue weighted by molar-refractivity contribution is 9.10. The molecular formula is C16H15BrFNO. The SMILES string of the molecule is COc1cccc(C2CCc3cc(Br)c(F)cc3N2)c1. The first kappa shape index (κ1) is 13.4. The molecular weight excluding hydrogens is 321 g/mol. The fourth-order valence-corrected chi connectivity index (χ4v) is 2.99. The number of anilines is 1. The molecule has 0 aliphatic carbocycles. The summed E-state index contributed by atoms with van der Waals surface area (Å²) in [5, 5.41) is 3.42. The van der Waals surface area contributed by atoms with Crippen molar-refractivity contribution in [3.8, 4) is 5.75 Å². The maximum atomic E-state index is 13.6. The zero-order valence-corrected chi connectivity index (χ0v) is 12.7. The Bertz CT molecular complexity index is 644. The van der Waals surface area contributed by atoms with Crippen LogP contribution in [0.5, 0.6) is 5.75 Å². The van der Waals surface area contributed by atoms with Gasteiger partial charge in [0.15, 0.2) is 0 Å². The van der Waals surface area contributed by atoms with Crippen LogP contribution in [0.4, 0.5) is 10.1 Å². The highest BCUT2D eigenvalue weighted by atomic mass is 79.9. The first-order valence-corrected chi connectivity index (χ1v) is 7.35. The van der Waals surface area contributed by atoms with Crippen molar-refractivity contribution >= 4 is 21.6 Å². The van der Waals surface area contributed by atoms with E-state index in [1.165, 1.54) is 5.56 Å². The Morgan fingerprint density at radius 3 is 2.95 bits per heavy atom. The van der Waals surface area contributed by atoms with E-state index in [-0.39, 0.29) is 11.9 Å². The van der Waals surface area contributed by atoms with Gasteiger partial charge >= 0.3 is 0 Å². The summed E-state index contributed by atoms with van der Waals surface area (Å²) in [7, 11) is 1.66. The van der Waals surface area contributed by atoms with Crippen molar-refractivity contribution in [2.75, 3.05) is 12.4 Å². The molecule has 2 nitrogen and oxygen atoms in total.